The van der Waals surface area contributed by atoms with Gasteiger partial charge in [0.25, 0.3) is 0 Å². The van der Waals surface area contributed by atoms with Crippen molar-refractivity contribution in [2.24, 2.45) is 5.92 Å². The zero-order valence-corrected chi connectivity index (χ0v) is 17.7. The van der Waals surface area contributed by atoms with Gasteiger partial charge in [0.05, 0.1) is 18.5 Å². The van der Waals surface area contributed by atoms with Crippen LogP contribution in [0, 0.1) is 11.7 Å². The molecule has 1 aromatic carbocycles. The lowest BCUT2D eigenvalue weighted by molar-refractivity contribution is 0.0222. The fourth-order valence-corrected chi connectivity index (χ4v) is 4.90. The maximum atomic E-state index is 13.3. The highest BCUT2D eigenvalue weighted by Gasteiger charge is 2.28. The minimum Gasteiger partial charge on any atom is -0.378 e. The summed E-state index contributed by atoms with van der Waals surface area (Å²) in [4.78, 5) is 4.35. The Kier molecular flexibility index (Phi) is 7.37. The smallest absolute Gasteiger partial charge is 0.226 e. The van der Waals surface area contributed by atoms with Crippen LogP contribution in [0.4, 0.5) is 4.39 Å². The van der Waals surface area contributed by atoms with E-state index < -0.39 is 15.8 Å². The van der Waals surface area contributed by atoms with E-state index in [1.165, 1.54) is 22.5 Å². The predicted octanol–water partition coefficient (Wildman–Crippen LogP) is 2.96. The largest absolute Gasteiger partial charge is 0.378 e. The first-order valence-corrected chi connectivity index (χ1v) is 11.6. The van der Waals surface area contributed by atoms with Crippen molar-refractivity contribution < 1.29 is 22.1 Å². The Bertz CT molecular complexity index is 893. The van der Waals surface area contributed by atoms with Crippen LogP contribution in [0.3, 0.4) is 0 Å². The van der Waals surface area contributed by atoms with Crippen LogP contribution >= 0.6 is 0 Å². The molecule has 0 spiro atoms. The normalized spacial score (nSPS) is 16.6. The van der Waals surface area contributed by atoms with Gasteiger partial charge in [0.2, 0.25) is 15.9 Å². The van der Waals surface area contributed by atoms with Crippen molar-refractivity contribution in [3.63, 3.8) is 0 Å². The summed E-state index contributed by atoms with van der Waals surface area (Å²) >= 11 is 0. The van der Waals surface area contributed by atoms with E-state index in [2.05, 4.69) is 24.0 Å². The molecule has 0 radical (unpaired) electrons. The molecule has 1 aromatic heterocycles. The van der Waals surface area contributed by atoms with Crippen LogP contribution in [-0.4, -0.2) is 48.7 Å². The molecule has 0 amide bonds. The Balaban J connectivity index is 1.41. The van der Waals surface area contributed by atoms with Gasteiger partial charge in [-0.3, -0.25) is 0 Å². The Morgan fingerprint density at radius 2 is 2.07 bits per heavy atom. The summed E-state index contributed by atoms with van der Waals surface area (Å²) < 4.78 is 51.0. The summed E-state index contributed by atoms with van der Waals surface area (Å²) in [6.07, 6.45) is 2.61. The van der Waals surface area contributed by atoms with Gasteiger partial charge in [-0.2, -0.15) is 4.98 Å². The first-order valence-electron chi connectivity index (χ1n) is 9.97. The lowest BCUT2D eigenvalue weighted by Gasteiger charge is -2.31. The van der Waals surface area contributed by atoms with Crippen molar-refractivity contribution in [1.82, 2.24) is 14.4 Å². The van der Waals surface area contributed by atoms with Gasteiger partial charge in [0.1, 0.15) is 5.82 Å². The number of hydrogen-bond donors (Lipinski definition) is 0. The molecule has 1 aliphatic rings. The predicted molar refractivity (Wildman–Crippen MR) is 106 cm³/mol. The number of benzene rings is 1. The van der Waals surface area contributed by atoms with Crippen LogP contribution in [0.2, 0.25) is 0 Å². The third kappa shape index (κ3) is 6.58. The Morgan fingerprint density at radius 3 is 2.76 bits per heavy atom. The van der Waals surface area contributed by atoms with E-state index in [4.69, 9.17) is 9.26 Å². The number of nitrogens with zero attached hydrogens (tertiary/aromatic N) is 3. The second-order valence-electron chi connectivity index (χ2n) is 7.81. The van der Waals surface area contributed by atoms with E-state index in [9.17, 15) is 12.8 Å². The number of hydrogen-bond acceptors (Lipinski definition) is 6. The molecule has 0 unspecified atom stereocenters. The molecule has 1 aliphatic heterocycles. The number of ether oxygens (including phenoxy) is 1. The summed E-state index contributed by atoms with van der Waals surface area (Å²) in [5.41, 5.74) is 0.459. The number of rotatable bonds is 9. The zero-order chi connectivity index (χ0) is 20.9. The fourth-order valence-electron chi connectivity index (χ4n) is 3.35. The molecule has 0 bridgehead atoms. The molecule has 1 saturated heterocycles. The molecule has 1 fully saturated rings. The average Bonchev–Trinajstić information content (AvgIpc) is 3.08. The SMILES string of the molecule is CC(C)Cc1nc(CCOC2CCN(S(=O)(=O)Cc3cccc(F)c3)CC2)no1. The zero-order valence-electron chi connectivity index (χ0n) is 16.9. The summed E-state index contributed by atoms with van der Waals surface area (Å²) in [5.74, 6) is 1.12. The topological polar surface area (TPSA) is 85.5 Å². The molecule has 29 heavy (non-hydrogen) atoms. The number of aromatic nitrogens is 2. The number of piperidine rings is 1. The molecule has 2 heterocycles. The molecule has 160 valence electrons. The second-order valence-corrected chi connectivity index (χ2v) is 9.78. The lowest BCUT2D eigenvalue weighted by atomic mass is 10.1. The molecular weight excluding hydrogens is 397 g/mol. The van der Waals surface area contributed by atoms with Gasteiger partial charge in [0.15, 0.2) is 5.82 Å². The van der Waals surface area contributed by atoms with Crippen LogP contribution in [0.15, 0.2) is 28.8 Å². The summed E-state index contributed by atoms with van der Waals surface area (Å²) in [5, 5.41) is 3.96. The van der Waals surface area contributed by atoms with Gasteiger partial charge >= 0.3 is 0 Å². The van der Waals surface area contributed by atoms with E-state index in [1.54, 1.807) is 6.07 Å². The van der Waals surface area contributed by atoms with Gasteiger partial charge in [-0.15, -0.1) is 0 Å². The van der Waals surface area contributed by atoms with Gasteiger partial charge in [-0.25, -0.2) is 17.1 Å². The molecular formula is C20H28FN3O4S. The van der Waals surface area contributed by atoms with Crippen molar-refractivity contribution in [3.05, 3.63) is 47.4 Å². The fraction of sp³-hybridized carbons (Fsp3) is 0.600. The van der Waals surface area contributed by atoms with E-state index >= 15 is 0 Å². The van der Waals surface area contributed by atoms with Crippen molar-refractivity contribution in [3.8, 4) is 0 Å². The van der Waals surface area contributed by atoms with Crippen LogP contribution in [0.1, 0.15) is 44.0 Å². The molecule has 0 aliphatic carbocycles. The van der Waals surface area contributed by atoms with Crippen LogP contribution in [0.25, 0.3) is 0 Å². The maximum Gasteiger partial charge on any atom is 0.226 e. The van der Waals surface area contributed by atoms with E-state index in [0.29, 0.717) is 62.2 Å². The highest BCUT2D eigenvalue weighted by molar-refractivity contribution is 7.88. The van der Waals surface area contributed by atoms with E-state index in [1.807, 2.05) is 0 Å². The van der Waals surface area contributed by atoms with Crippen molar-refractivity contribution >= 4 is 10.0 Å². The highest BCUT2D eigenvalue weighted by Crippen LogP contribution is 2.20. The third-order valence-electron chi connectivity index (χ3n) is 4.80. The third-order valence-corrected chi connectivity index (χ3v) is 6.65. The molecule has 9 heteroatoms. The molecule has 3 rings (SSSR count). The van der Waals surface area contributed by atoms with Gasteiger partial charge in [-0.05, 0) is 36.5 Å². The maximum absolute atomic E-state index is 13.3. The Morgan fingerprint density at radius 1 is 1.31 bits per heavy atom. The minimum absolute atomic E-state index is 0.0117. The monoisotopic (exact) mass is 425 g/mol. The molecule has 7 nitrogen and oxygen atoms in total. The standard InChI is InChI=1S/C20H28FN3O4S/c1-15(2)12-20-22-19(23-28-20)8-11-27-18-6-9-24(10-7-18)29(25,26)14-16-4-3-5-17(21)13-16/h3-5,13,15,18H,6-12,14H2,1-2H3. The first kappa shape index (κ1) is 21.9. The van der Waals surface area contributed by atoms with Gasteiger partial charge in [0, 0.05) is 25.9 Å². The number of halogens is 1. The van der Waals surface area contributed by atoms with Crippen LogP contribution in [0.5, 0.6) is 0 Å². The highest BCUT2D eigenvalue weighted by atomic mass is 32.2. The van der Waals surface area contributed by atoms with Crippen LogP contribution < -0.4 is 0 Å². The summed E-state index contributed by atoms with van der Waals surface area (Å²) in [6.45, 7) is 5.48. The molecule has 0 atom stereocenters. The van der Waals surface area contributed by atoms with Gasteiger partial charge in [-0.1, -0.05) is 31.1 Å². The first-order chi connectivity index (χ1) is 13.8. The second kappa shape index (κ2) is 9.77. The summed E-state index contributed by atoms with van der Waals surface area (Å²) in [7, 11) is -3.47. The van der Waals surface area contributed by atoms with Crippen molar-refractivity contribution in [2.75, 3.05) is 19.7 Å². The van der Waals surface area contributed by atoms with E-state index in [-0.39, 0.29) is 11.9 Å². The minimum atomic E-state index is -3.47. The molecule has 2 aromatic rings. The quantitative estimate of drug-likeness (QED) is 0.614. The Labute approximate surface area is 171 Å². The lowest BCUT2D eigenvalue weighted by Crippen LogP contribution is -2.41. The van der Waals surface area contributed by atoms with Crippen molar-refractivity contribution in [2.45, 2.75) is 51.4 Å². The van der Waals surface area contributed by atoms with E-state index in [0.717, 1.165) is 6.42 Å². The average molecular weight is 426 g/mol. The Hall–Kier alpha value is -1.84. The molecule has 0 saturated carbocycles. The summed E-state index contributed by atoms with van der Waals surface area (Å²) in [6, 6.07) is 5.72. The number of sulfonamides is 1. The van der Waals surface area contributed by atoms with Gasteiger partial charge < -0.3 is 9.26 Å². The van der Waals surface area contributed by atoms with Crippen molar-refractivity contribution in [1.29, 1.82) is 0 Å². The van der Waals surface area contributed by atoms with Crippen LogP contribution in [-0.2, 0) is 33.4 Å². The molecule has 0 N–H and O–H groups in total.